The van der Waals surface area contributed by atoms with Crippen LogP contribution >= 0.6 is 0 Å². The van der Waals surface area contributed by atoms with Crippen molar-refractivity contribution in [3.8, 4) is 56.0 Å². The maximum absolute atomic E-state index is 5.25. The predicted octanol–water partition coefficient (Wildman–Crippen LogP) is 13.1. The van der Waals surface area contributed by atoms with Crippen molar-refractivity contribution in [3.63, 3.8) is 0 Å². The maximum atomic E-state index is 5.25. The van der Waals surface area contributed by atoms with Gasteiger partial charge in [-0.25, -0.2) is 15.0 Å². The van der Waals surface area contributed by atoms with E-state index in [9.17, 15) is 0 Å². The zero-order valence-corrected chi connectivity index (χ0v) is 30.9. The summed E-state index contributed by atoms with van der Waals surface area (Å²) in [5.41, 5.74) is 17.4. The first kappa shape index (κ1) is 32.9. The highest BCUT2D eigenvalue weighted by Crippen LogP contribution is 2.52. The summed E-state index contributed by atoms with van der Waals surface area (Å²) in [5.74, 6) is 0.945. The van der Waals surface area contributed by atoms with E-state index in [1.54, 1.807) is 0 Å². The Bertz CT molecular complexity index is 2790. The van der Waals surface area contributed by atoms with E-state index in [4.69, 9.17) is 15.0 Å². The highest BCUT2D eigenvalue weighted by molar-refractivity contribution is 5.94. The smallest absolute Gasteiger partial charge is 0.160 e. The van der Waals surface area contributed by atoms with E-state index in [0.29, 0.717) is 0 Å². The first-order chi connectivity index (χ1) is 27.0. The maximum Gasteiger partial charge on any atom is 0.160 e. The van der Waals surface area contributed by atoms with Gasteiger partial charge in [0.2, 0.25) is 0 Å². The molecule has 2 heterocycles. The lowest BCUT2D eigenvalue weighted by molar-refractivity contribution is 0.660. The summed E-state index contributed by atoms with van der Waals surface area (Å²) in [5, 5.41) is 1.06. The van der Waals surface area contributed by atoms with Crippen molar-refractivity contribution in [2.45, 2.75) is 31.6 Å². The van der Waals surface area contributed by atoms with Gasteiger partial charge in [-0.2, -0.15) is 0 Å². The zero-order valence-electron chi connectivity index (χ0n) is 30.9. The molecule has 1 atom stereocenters. The Balaban J connectivity index is 0.995. The Kier molecular flexibility index (Phi) is 7.96. The van der Waals surface area contributed by atoms with Crippen LogP contribution in [-0.2, 0) is 5.41 Å². The largest absolute Gasteiger partial charge is 0.248 e. The molecular formula is C52H39N3. The lowest BCUT2D eigenvalue weighted by atomic mass is 9.82. The first-order valence-electron chi connectivity index (χ1n) is 19.1. The molecule has 55 heavy (non-hydrogen) atoms. The van der Waals surface area contributed by atoms with Crippen molar-refractivity contribution in [1.29, 1.82) is 0 Å². The first-order valence-corrected chi connectivity index (χ1v) is 19.1. The van der Waals surface area contributed by atoms with Crippen molar-refractivity contribution in [3.05, 3.63) is 205 Å². The summed E-state index contributed by atoms with van der Waals surface area (Å²) in [7, 11) is 0. The van der Waals surface area contributed by atoms with Gasteiger partial charge in [-0.15, -0.1) is 0 Å². The molecule has 3 nitrogen and oxygen atoms in total. The summed E-state index contributed by atoms with van der Waals surface area (Å²) in [4.78, 5) is 15.4. The fraction of sp³-hybridized carbons (Fsp3) is 0.0962. The number of allylic oxidation sites excluding steroid dienone is 4. The summed E-state index contributed by atoms with van der Waals surface area (Å²) < 4.78 is 0. The Morgan fingerprint density at radius 2 is 1.15 bits per heavy atom. The molecule has 10 rings (SSSR count). The zero-order chi connectivity index (χ0) is 36.9. The number of pyridine rings is 1. The molecule has 0 aliphatic heterocycles. The highest BCUT2D eigenvalue weighted by atomic mass is 14.9. The van der Waals surface area contributed by atoms with Gasteiger partial charge in [-0.1, -0.05) is 178 Å². The van der Waals surface area contributed by atoms with Gasteiger partial charge in [-0.3, -0.25) is 0 Å². The second kappa shape index (κ2) is 13.3. The molecule has 0 bridgehead atoms. The van der Waals surface area contributed by atoms with Crippen molar-refractivity contribution >= 4 is 16.5 Å². The molecule has 3 heteroatoms. The number of rotatable bonds is 6. The lowest BCUT2D eigenvalue weighted by Crippen LogP contribution is -2.14. The second-order valence-electron chi connectivity index (χ2n) is 15.2. The normalized spacial score (nSPS) is 15.4. The van der Waals surface area contributed by atoms with Crippen LogP contribution in [0.25, 0.3) is 72.5 Å². The third-order valence-corrected chi connectivity index (χ3v) is 11.5. The number of fused-ring (bicyclic) bond motifs is 4. The van der Waals surface area contributed by atoms with Crippen LogP contribution in [0.2, 0.25) is 0 Å². The second-order valence-corrected chi connectivity index (χ2v) is 15.2. The van der Waals surface area contributed by atoms with E-state index < -0.39 is 0 Å². The minimum atomic E-state index is -0.0306. The fourth-order valence-corrected chi connectivity index (χ4v) is 8.54. The van der Waals surface area contributed by atoms with Gasteiger partial charge in [0.15, 0.2) is 5.82 Å². The average Bonchev–Trinajstić information content (AvgIpc) is 3.50. The third-order valence-electron chi connectivity index (χ3n) is 11.5. The third kappa shape index (κ3) is 5.80. The van der Waals surface area contributed by atoms with Gasteiger partial charge in [0.1, 0.15) is 0 Å². The molecule has 2 aromatic heterocycles. The van der Waals surface area contributed by atoms with Crippen molar-refractivity contribution < 1.29 is 0 Å². The Morgan fingerprint density at radius 1 is 0.527 bits per heavy atom. The molecule has 0 N–H and O–H groups in total. The van der Waals surface area contributed by atoms with Crippen LogP contribution in [-0.4, -0.2) is 15.0 Å². The fourth-order valence-electron chi connectivity index (χ4n) is 8.54. The molecule has 0 amide bonds. The van der Waals surface area contributed by atoms with E-state index in [0.717, 1.165) is 62.5 Å². The van der Waals surface area contributed by atoms with Crippen LogP contribution in [0.5, 0.6) is 0 Å². The average molecular weight is 706 g/mol. The number of hydrogen-bond donors (Lipinski definition) is 0. The Hall–Kier alpha value is -6.71. The molecule has 1 unspecified atom stereocenters. The molecular weight excluding hydrogens is 667 g/mol. The van der Waals surface area contributed by atoms with E-state index in [-0.39, 0.29) is 11.3 Å². The van der Waals surface area contributed by atoms with Crippen LogP contribution in [0.3, 0.4) is 0 Å². The lowest BCUT2D eigenvalue weighted by Gasteiger charge is -2.21. The van der Waals surface area contributed by atoms with Crippen LogP contribution in [0.1, 0.15) is 48.7 Å². The van der Waals surface area contributed by atoms with Gasteiger partial charge >= 0.3 is 0 Å². The summed E-state index contributed by atoms with van der Waals surface area (Å²) >= 11 is 0. The minimum Gasteiger partial charge on any atom is -0.248 e. The van der Waals surface area contributed by atoms with Crippen molar-refractivity contribution in [2.75, 3.05) is 0 Å². The minimum absolute atomic E-state index is 0.0306. The standard InChI is InChI=1S/C52H39N3/c1-52(2)44-21-11-9-18-42(44)49-41(20-13-22-45(49)52)35-26-28-37(29-27-35)48-33-40(32-47(53-48)36-14-5-3-6-15-36)34-24-30-39(31-25-34)51-54-46-23-12-10-19-43(46)50(55-51)38-16-7-4-8-17-38/h3-24,26-34H,25H2,1-2H3. The Morgan fingerprint density at radius 3 is 1.89 bits per heavy atom. The van der Waals surface area contributed by atoms with Gasteiger partial charge in [0.05, 0.1) is 22.6 Å². The summed E-state index contributed by atoms with van der Waals surface area (Å²) in [6.45, 7) is 4.68. The van der Waals surface area contributed by atoms with Gasteiger partial charge in [-0.05, 0) is 63.6 Å². The molecule has 2 aliphatic rings. The van der Waals surface area contributed by atoms with E-state index >= 15 is 0 Å². The number of hydrogen-bond acceptors (Lipinski definition) is 3. The van der Waals surface area contributed by atoms with E-state index in [2.05, 4.69) is 184 Å². The highest BCUT2D eigenvalue weighted by Gasteiger charge is 2.36. The number of nitrogens with zero attached hydrogens (tertiary/aromatic N) is 3. The molecule has 0 radical (unpaired) electrons. The van der Waals surface area contributed by atoms with E-state index in [1.807, 2.05) is 12.1 Å². The molecule has 262 valence electrons. The van der Waals surface area contributed by atoms with Crippen LogP contribution < -0.4 is 0 Å². The number of aromatic nitrogens is 3. The van der Waals surface area contributed by atoms with Crippen LogP contribution in [0.4, 0.5) is 0 Å². The molecule has 0 saturated carbocycles. The molecule has 0 fully saturated rings. The van der Waals surface area contributed by atoms with Crippen molar-refractivity contribution in [1.82, 2.24) is 15.0 Å². The van der Waals surface area contributed by atoms with Gasteiger partial charge < -0.3 is 0 Å². The number of para-hydroxylation sites is 1. The summed E-state index contributed by atoms with van der Waals surface area (Å²) in [6.07, 6.45) is 7.64. The SMILES string of the molecule is CC1(C)c2ccccc2-c2c(-c3ccc(-c4cc(C5C=CC(c6nc(-c7ccccc7)c7ccccc7n6)=CC5)cc(-c5ccccc5)n4)cc3)cccc21. The molecule has 0 saturated heterocycles. The topological polar surface area (TPSA) is 38.7 Å². The number of benzene rings is 6. The quantitative estimate of drug-likeness (QED) is 0.173. The summed E-state index contributed by atoms with van der Waals surface area (Å²) in [6, 6.07) is 58.3. The van der Waals surface area contributed by atoms with Gasteiger partial charge in [0, 0.05) is 39.0 Å². The monoisotopic (exact) mass is 705 g/mol. The van der Waals surface area contributed by atoms with Crippen LogP contribution in [0.15, 0.2) is 182 Å². The Labute approximate surface area is 322 Å². The molecule has 2 aliphatic carbocycles. The van der Waals surface area contributed by atoms with E-state index in [1.165, 1.54) is 38.9 Å². The molecule has 6 aromatic carbocycles. The van der Waals surface area contributed by atoms with Crippen molar-refractivity contribution in [2.24, 2.45) is 0 Å². The predicted molar refractivity (Wildman–Crippen MR) is 228 cm³/mol. The van der Waals surface area contributed by atoms with Crippen LogP contribution in [0, 0.1) is 0 Å². The molecule has 0 spiro atoms. The molecule has 8 aromatic rings. The van der Waals surface area contributed by atoms with Gasteiger partial charge in [0.25, 0.3) is 0 Å².